The molecule has 0 atom stereocenters. The summed E-state index contributed by atoms with van der Waals surface area (Å²) < 4.78 is 5.56. The van der Waals surface area contributed by atoms with Crippen LogP contribution in [-0.4, -0.2) is 56.7 Å². The predicted molar refractivity (Wildman–Crippen MR) is 108 cm³/mol. The molecule has 26 heavy (non-hydrogen) atoms. The zero-order valence-electron chi connectivity index (χ0n) is 16.2. The molecule has 0 bridgehead atoms. The number of carbonyl (C=O) groups is 1. The van der Waals surface area contributed by atoms with Crippen LogP contribution in [0.2, 0.25) is 0 Å². The maximum Gasteiger partial charge on any atom is 0.224 e. The maximum absolute atomic E-state index is 12.4. The summed E-state index contributed by atoms with van der Waals surface area (Å²) in [5.41, 5.74) is 1.31. The van der Waals surface area contributed by atoms with E-state index in [1.54, 1.807) is 18.4 Å². The first-order valence-electron chi connectivity index (χ1n) is 9.45. The Kier molecular flexibility index (Phi) is 8.91. The molecule has 0 spiro atoms. The van der Waals surface area contributed by atoms with Gasteiger partial charge in [-0.2, -0.15) is 0 Å². The summed E-state index contributed by atoms with van der Waals surface area (Å²) in [6.07, 6.45) is 2.40. The quantitative estimate of drug-likeness (QED) is 0.392. The van der Waals surface area contributed by atoms with Gasteiger partial charge in [0, 0.05) is 57.7 Å². The molecule has 6 nitrogen and oxygen atoms in total. The summed E-state index contributed by atoms with van der Waals surface area (Å²) in [5.74, 6) is 1.51. The molecular formula is C19H32N4O2S. The summed E-state index contributed by atoms with van der Waals surface area (Å²) >= 11 is 1.79. The molecule has 0 aliphatic carbocycles. The van der Waals surface area contributed by atoms with Crippen LogP contribution in [0.1, 0.15) is 37.1 Å². The predicted octanol–water partition coefficient (Wildman–Crippen LogP) is 2.25. The van der Waals surface area contributed by atoms with Gasteiger partial charge in [-0.25, -0.2) is 0 Å². The van der Waals surface area contributed by atoms with Crippen molar-refractivity contribution < 1.29 is 9.53 Å². The van der Waals surface area contributed by atoms with Crippen LogP contribution < -0.4 is 10.6 Å². The molecule has 1 aliphatic rings. The first kappa shape index (κ1) is 20.7. The van der Waals surface area contributed by atoms with Crippen molar-refractivity contribution >= 4 is 23.2 Å². The van der Waals surface area contributed by atoms with Gasteiger partial charge in [0.15, 0.2) is 5.96 Å². The van der Waals surface area contributed by atoms with Crippen LogP contribution >= 0.6 is 11.3 Å². The highest BCUT2D eigenvalue weighted by atomic mass is 32.1. The average Bonchev–Trinajstić information content (AvgIpc) is 3.10. The van der Waals surface area contributed by atoms with E-state index in [4.69, 9.17) is 4.74 Å². The fourth-order valence-electron chi connectivity index (χ4n) is 2.83. The molecular weight excluding hydrogens is 348 g/mol. The van der Waals surface area contributed by atoms with Crippen molar-refractivity contribution in [3.05, 3.63) is 21.9 Å². The van der Waals surface area contributed by atoms with Crippen molar-refractivity contribution in [3.8, 4) is 0 Å². The Balaban J connectivity index is 1.58. The monoisotopic (exact) mass is 380 g/mol. The number of hydrogen-bond donors (Lipinski definition) is 2. The van der Waals surface area contributed by atoms with Gasteiger partial charge in [-0.3, -0.25) is 9.79 Å². The second-order valence-corrected chi connectivity index (χ2v) is 7.93. The molecule has 2 rings (SSSR count). The third-order valence-corrected chi connectivity index (χ3v) is 5.25. The smallest absolute Gasteiger partial charge is 0.224 e. The number of aliphatic imine (C=N–C) groups is 1. The molecule has 1 aromatic heterocycles. The zero-order chi connectivity index (χ0) is 18.8. The Morgan fingerprint density at radius 2 is 2.19 bits per heavy atom. The van der Waals surface area contributed by atoms with Crippen molar-refractivity contribution in [2.75, 3.05) is 39.9 Å². The van der Waals surface area contributed by atoms with E-state index in [1.807, 2.05) is 4.90 Å². The Morgan fingerprint density at radius 1 is 1.38 bits per heavy atom. The fourth-order valence-corrected chi connectivity index (χ4v) is 3.72. The number of fused-ring (bicyclic) bond motifs is 1. The van der Waals surface area contributed by atoms with Gasteiger partial charge in [0.05, 0.1) is 0 Å². The van der Waals surface area contributed by atoms with Crippen LogP contribution in [0.4, 0.5) is 0 Å². The average molecular weight is 381 g/mol. The number of hydrogen-bond acceptors (Lipinski definition) is 4. The standard InChI is InChI=1S/C19H32N4O2S/c1-15(2)14-25-11-4-8-21-19(20-3)22-9-5-18(24)23-10-6-17-16(13-23)7-12-26-17/h7,12,15H,4-6,8-11,13-14H2,1-3H3,(H2,20,21,22). The van der Waals surface area contributed by atoms with Crippen molar-refractivity contribution in [3.63, 3.8) is 0 Å². The van der Waals surface area contributed by atoms with Crippen molar-refractivity contribution in [2.45, 2.75) is 39.7 Å². The second kappa shape index (κ2) is 11.2. The highest BCUT2D eigenvalue weighted by Gasteiger charge is 2.20. The van der Waals surface area contributed by atoms with E-state index in [-0.39, 0.29) is 5.91 Å². The number of nitrogens with zero attached hydrogens (tertiary/aromatic N) is 2. The Labute approximate surface area is 161 Å². The van der Waals surface area contributed by atoms with Crippen LogP contribution in [0.25, 0.3) is 0 Å². The largest absolute Gasteiger partial charge is 0.381 e. The first-order valence-corrected chi connectivity index (χ1v) is 10.3. The van der Waals surface area contributed by atoms with Gasteiger partial charge in [0.2, 0.25) is 5.91 Å². The van der Waals surface area contributed by atoms with E-state index in [0.29, 0.717) is 18.9 Å². The normalized spacial score (nSPS) is 14.5. The molecule has 146 valence electrons. The van der Waals surface area contributed by atoms with Crippen molar-refractivity contribution in [2.24, 2.45) is 10.9 Å². The number of rotatable bonds is 9. The van der Waals surface area contributed by atoms with Crippen LogP contribution in [0.5, 0.6) is 0 Å². The topological polar surface area (TPSA) is 66.0 Å². The van der Waals surface area contributed by atoms with Crippen molar-refractivity contribution in [1.29, 1.82) is 0 Å². The molecule has 0 aromatic carbocycles. The third kappa shape index (κ3) is 6.96. The van der Waals surface area contributed by atoms with Gasteiger partial charge in [0.25, 0.3) is 0 Å². The molecule has 0 fully saturated rings. The van der Waals surface area contributed by atoms with Gasteiger partial charge < -0.3 is 20.3 Å². The molecule has 0 saturated carbocycles. The molecule has 2 heterocycles. The van der Waals surface area contributed by atoms with Crippen LogP contribution in [-0.2, 0) is 22.5 Å². The lowest BCUT2D eigenvalue weighted by Gasteiger charge is -2.27. The number of amides is 1. The Hall–Kier alpha value is -1.60. The number of carbonyl (C=O) groups excluding carboxylic acids is 1. The van der Waals surface area contributed by atoms with Gasteiger partial charge >= 0.3 is 0 Å². The lowest BCUT2D eigenvalue weighted by atomic mass is 10.1. The zero-order valence-corrected chi connectivity index (χ0v) is 17.0. The van der Waals surface area contributed by atoms with E-state index in [9.17, 15) is 4.79 Å². The SMILES string of the molecule is CN=C(NCCCOCC(C)C)NCCC(=O)N1CCc2sccc2C1. The molecule has 0 saturated heterocycles. The van der Waals surface area contributed by atoms with E-state index in [0.717, 1.165) is 51.6 Å². The van der Waals surface area contributed by atoms with E-state index in [2.05, 4.69) is 40.9 Å². The summed E-state index contributed by atoms with van der Waals surface area (Å²) in [6.45, 7) is 8.83. The van der Waals surface area contributed by atoms with Gasteiger partial charge in [-0.15, -0.1) is 11.3 Å². The number of nitrogens with one attached hydrogen (secondary N) is 2. The molecule has 1 amide bonds. The van der Waals surface area contributed by atoms with Gasteiger partial charge in [0.1, 0.15) is 0 Å². The summed E-state index contributed by atoms with van der Waals surface area (Å²) in [6, 6.07) is 2.13. The number of thiophene rings is 1. The minimum Gasteiger partial charge on any atom is -0.381 e. The fraction of sp³-hybridized carbons (Fsp3) is 0.684. The third-order valence-electron chi connectivity index (χ3n) is 4.22. The first-order chi connectivity index (χ1) is 12.6. The summed E-state index contributed by atoms with van der Waals surface area (Å²) in [4.78, 5) is 20.0. The maximum atomic E-state index is 12.4. The van der Waals surface area contributed by atoms with Crippen LogP contribution in [0.15, 0.2) is 16.4 Å². The number of ether oxygens (including phenoxy) is 1. The van der Waals surface area contributed by atoms with Gasteiger partial charge in [-0.1, -0.05) is 13.8 Å². The Morgan fingerprint density at radius 3 is 2.96 bits per heavy atom. The molecule has 1 aliphatic heterocycles. The number of guanidine groups is 1. The minimum atomic E-state index is 0.201. The van der Waals surface area contributed by atoms with Crippen LogP contribution in [0, 0.1) is 5.92 Å². The summed E-state index contributed by atoms with van der Waals surface area (Å²) in [5, 5.41) is 8.59. The lowest BCUT2D eigenvalue weighted by Crippen LogP contribution is -2.41. The second-order valence-electron chi connectivity index (χ2n) is 6.93. The highest BCUT2D eigenvalue weighted by molar-refractivity contribution is 7.10. The van der Waals surface area contributed by atoms with E-state index < -0.39 is 0 Å². The molecule has 0 unspecified atom stereocenters. The minimum absolute atomic E-state index is 0.201. The van der Waals surface area contributed by atoms with E-state index >= 15 is 0 Å². The molecule has 0 radical (unpaired) electrons. The van der Waals surface area contributed by atoms with Crippen LogP contribution in [0.3, 0.4) is 0 Å². The van der Waals surface area contributed by atoms with E-state index in [1.165, 1.54) is 10.4 Å². The molecule has 2 N–H and O–H groups in total. The summed E-state index contributed by atoms with van der Waals surface area (Å²) in [7, 11) is 1.75. The lowest BCUT2D eigenvalue weighted by molar-refractivity contribution is -0.131. The molecule has 7 heteroatoms. The van der Waals surface area contributed by atoms with Crippen molar-refractivity contribution in [1.82, 2.24) is 15.5 Å². The Bertz CT molecular complexity index is 586. The van der Waals surface area contributed by atoms with Gasteiger partial charge in [-0.05, 0) is 35.8 Å². The highest BCUT2D eigenvalue weighted by Crippen LogP contribution is 2.24. The molecule has 1 aromatic rings.